The Kier molecular flexibility index (Phi) is 8.78. The zero-order valence-electron chi connectivity index (χ0n) is 20.7. The molecule has 0 bridgehead atoms. The number of halogens is 1. The first-order chi connectivity index (χ1) is 17.8. The Morgan fingerprint density at radius 3 is 2.44 bits per heavy atom. The number of hydrogen-bond donors (Lipinski definition) is 0. The maximum atomic E-state index is 6.83. The van der Waals surface area contributed by atoms with Crippen molar-refractivity contribution in [1.29, 1.82) is 0 Å². The van der Waals surface area contributed by atoms with Crippen LogP contribution in [0.1, 0.15) is 36.4 Å². The van der Waals surface area contributed by atoms with Crippen LogP contribution >= 0.6 is 11.6 Å². The van der Waals surface area contributed by atoms with Gasteiger partial charge in [0.25, 0.3) is 0 Å². The van der Waals surface area contributed by atoms with Crippen LogP contribution in [-0.2, 0) is 16.0 Å². The van der Waals surface area contributed by atoms with Crippen molar-refractivity contribution in [2.75, 3.05) is 44.4 Å². The van der Waals surface area contributed by atoms with Crippen LogP contribution in [-0.4, -0.2) is 50.6 Å². The molecule has 2 heterocycles. The second-order valence-electron chi connectivity index (χ2n) is 9.47. The van der Waals surface area contributed by atoms with Crippen LogP contribution in [0.4, 0.5) is 5.69 Å². The molecule has 0 saturated carbocycles. The first-order valence-electron chi connectivity index (χ1n) is 13.0. The van der Waals surface area contributed by atoms with Crippen molar-refractivity contribution in [1.82, 2.24) is 4.90 Å². The average molecular weight is 507 g/mol. The van der Waals surface area contributed by atoms with Gasteiger partial charge in [0, 0.05) is 38.9 Å². The molecule has 0 amide bonds. The van der Waals surface area contributed by atoms with E-state index < -0.39 is 0 Å². The molecule has 0 aliphatic carbocycles. The minimum atomic E-state index is -0.0937. The van der Waals surface area contributed by atoms with Crippen LogP contribution in [0.3, 0.4) is 0 Å². The van der Waals surface area contributed by atoms with Crippen LogP contribution in [0, 0.1) is 0 Å². The summed E-state index contributed by atoms with van der Waals surface area (Å²) in [5.41, 5.74) is 3.69. The number of ether oxygens (including phenoxy) is 3. The van der Waals surface area contributed by atoms with Crippen LogP contribution in [0.15, 0.2) is 78.9 Å². The fraction of sp³-hybridized carbons (Fsp3) is 0.400. The quantitative estimate of drug-likeness (QED) is 0.317. The molecule has 3 aromatic carbocycles. The predicted molar refractivity (Wildman–Crippen MR) is 145 cm³/mol. The first kappa shape index (κ1) is 25.1. The van der Waals surface area contributed by atoms with E-state index in [4.69, 9.17) is 25.8 Å². The number of anilines is 1. The lowest BCUT2D eigenvalue weighted by Gasteiger charge is -2.43. The topological polar surface area (TPSA) is 34.2 Å². The third-order valence-electron chi connectivity index (χ3n) is 6.92. The smallest absolute Gasteiger partial charge is 0.157 e. The molecule has 2 fully saturated rings. The minimum Gasteiger partial charge on any atom is -0.491 e. The van der Waals surface area contributed by atoms with E-state index >= 15 is 0 Å². The molecule has 0 N–H and O–H groups in total. The molecule has 2 aliphatic rings. The lowest BCUT2D eigenvalue weighted by Crippen LogP contribution is -2.48. The Bertz CT molecular complexity index is 1080. The van der Waals surface area contributed by atoms with Crippen molar-refractivity contribution in [2.24, 2.45) is 0 Å². The molecular weight excluding hydrogens is 472 g/mol. The van der Waals surface area contributed by atoms with Crippen molar-refractivity contribution in [2.45, 2.75) is 38.1 Å². The van der Waals surface area contributed by atoms with E-state index in [0.29, 0.717) is 18.2 Å². The van der Waals surface area contributed by atoms with Gasteiger partial charge in [-0.3, -0.25) is 4.90 Å². The molecule has 0 radical (unpaired) electrons. The van der Waals surface area contributed by atoms with Gasteiger partial charge in [0.05, 0.1) is 23.4 Å². The van der Waals surface area contributed by atoms with Gasteiger partial charge in [-0.1, -0.05) is 72.3 Å². The van der Waals surface area contributed by atoms with E-state index in [-0.39, 0.29) is 12.3 Å². The lowest BCUT2D eigenvalue weighted by molar-refractivity contribution is -0.165. The maximum Gasteiger partial charge on any atom is 0.157 e. The number of rotatable bonds is 9. The van der Waals surface area contributed by atoms with Gasteiger partial charge in [-0.05, 0) is 42.5 Å². The molecule has 2 saturated heterocycles. The molecule has 5 nitrogen and oxygen atoms in total. The standard InChI is InChI=1S/C30H35ClN2O3/c31-27-21-26(34-19-20-36-30-13-7-8-18-35-30)14-15-28(27)33-17-16-32(22-24-9-3-1-4-10-24)23-29(33)25-11-5-2-6-12-25/h1-6,9-12,14-15,21,29-30H,7-8,13,16-20,22-23H2/t29-,30?/m0/s1. The van der Waals surface area contributed by atoms with Gasteiger partial charge in [-0.25, -0.2) is 0 Å². The van der Waals surface area contributed by atoms with E-state index in [1.54, 1.807) is 0 Å². The summed E-state index contributed by atoms with van der Waals surface area (Å²) >= 11 is 6.83. The summed E-state index contributed by atoms with van der Waals surface area (Å²) in [6.07, 6.45) is 3.15. The van der Waals surface area contributed by atoms with Gasteiger partial charge in [-0.15, -0.1) is 0 Å². The van der Waals surface area contributed by atoms with Gasteiger partial charge < -0.3 is 19.1 Å². The number of nitrogens with zero attached hydrogens (tertiary/aromatic N) is 2. The second kappa shape index (κ2) is 12.6. The predicted octanol–water partition coefficient (Wildman–Crippen LogP) is 6.33. The van der Waals surface area contributed by atoms with Crippen molar-refractivity contribution in [3.05, 3.63) is 95.0 Å². The normalized spacial score (nSPS) is 20.9. The number of benzene rings is 3. The van der Waals surface area contributed by atoms with Crippen molar-refractivity contribution in [3.8, 4) is 5.75 Å². The largest absolute Gasteiger partial charge is 0.491 e. The molecule has 2 aliphatic heterocycles. The van der Waals surface area contributed by atoms with Gasteiger partial charge >= 0.3 is 0 Å². The van der Waals surface area contributed by atoms with Crippen molar-refractivity contribution < 1.29 is 14.2 Å². The van der Waals surface area contributed by atoms with Gasteiger partial charge in [-0.2, -0.15) is 0 Å². The highest BCUT2D eigenvalue weighted by Gasteiger charge is 2.29. The second-order valence-corrected chi connectivity index (χ2v) is 9.88. The zero-order chi connectivity index (χ0) is 24.6. The Hall–Kier alpha value is -2.57. The Morgan fingerprint density at radius 1 is 0.889 bits per heavy atom. The third kappa shape index (κ3) is 6.60. The summed E-state index contributed by atoms with van der Waals surface area (Å²) in [4.78, 5) is 4.97. The molecule has 0 aromatic heterocycles. The third-order valence-corrected chi connectivity index (χ3v) is 7.22. The van der Waals surface area contributed by atoms with Gasteiger partial charge in [0.1, 0.15) is 12.4 Å². The molecule has 2 atom stereocenters. The van der Waals surface area contributed by atoms with Gasteiger partial charge in [0.15, 0.2) is 6.29 Å². The van der Waals surface area contributed by atoms with Crippen LogP contribution in [0.25, 0.3) is 0 Å². The fourth-order valence-corrected chi connectivity index (χ4v) is 5.34. The average Bonchev–Trinajstić information content (AvgIpc) is 2.93. The summed E-state index contributed by atoms with van der Waals surface area (Å²) < 4.78 is 17.3. The Labute approximate surface area is 219 Å². The highest BCUT2D eigenvalue weighted by atomic mass is 35.5. The van der Waals surface area contributed by atoms with Crippen LogP contribution in [0.5, 0.6) is 5.75 Å². The van der Waals surface area contributed by atoms with E-state index in [1.807, 2.05) is 12.1 Å². The number of hydrogen-bond acceptors (Lipinski definition) is 5. The van der Waals surface area contributed by atoms with Crippen LogP contribution in [0.2, 0.25) is 5.02 Å². The molecule has 5 rings (SSSR count). The summed E-state index contributed by atoms with van der Waals surface area (Å²) in [6.45, 7) is 5.53. The SMILES string of the molecule is Clc1cc(OCCOC2CCCCO2)ccc1N1CCN(Cc2ccccc2)C[C@H]1c1ccccc1. The Morgan fingerprint density at radius 2 is 1.69 bits per heavy atom. The zero-order valence-corrected chi connectivity index (χ0v) is 21.5. The highest BCUT2D eigenvalue weighted by molar-refractivity contribution is 6.33. The lowest BCUT2D eigenvalue weighted by atomic mass is 10.0. The summed E-state index contributed by atoms with van der Waals surface area (Å²) in [5, 5.41) is 0.710. The van der Waals surface area contributed by atoms with Crippen molar-refractivity contribution >= 4 is 17.3 Å². The molecule has 36 heavy (non-hydrogen) atoms. The summed E-state index contributed by atoms with van der Waals surface area (Å²) in [6, 6.07) is 27.7. The first-order valence-corrected chi connectivity index (χ1v) is 13.4. The monoisotopic (exact) mass is 506 g/mol. The Balaban J connectivity index is 1.24. The molecule has 6 heteroatoms. The van der Waals surface area contributed by atoms with Crippen molar-refractivity contribution in [3.63, 3.8) is 0 Å². The van der Waals surface area contributed by atoms with E-state index in [9.17, 15) is 0 Å². The number of piperazine rings is 1. The fourth-order valence-electron chi connectivity index (χ4n) is 5.07. The minimum absolute atomic E-state index is 0.0937. The van der Waals surface area contributed by atoms with Crippen LogP contribution < -0.4 is 9.64 Å². The summed E-state index contributed by atoms with van der Waals surface area (Å²) in [5.74, 6) is 0.760. The van der Waals surface area contributed by atoms with Gasteiger partial charge in [0.2, 0.25) is 0 Å². The van der Waals surface area contributed by atoms with E-state index in [0.717, 1.165) is 63.5 Å². The highest BCUT2D eigenvalue weighted by Crippen LogP contribution is 2.37. The molecule has 0 spiro atoms. The molecule has 190 valence electrons. The van der Waals surface area contributed by atoms with E-state index in [2.05, 4.69) is 76.5 Å². The summed E-state index contributed by atoms with van der Waals surface area (Å²) in [7, 11) is 0. The maximum absolute atomic E-state index is 6.83. The molecular formula is C30H35ClN2O3. The molecule has 1 unspecified atom stereocenters. The molecule has 3 aromatic rings. The van der Waals surface area contributed by atoms with E-state index in [1.165, 1.54) is 11.1 Å².